The number of aromatic nitrogens is 2. The Hall–Kier alpha value is -0.560. The summed E-state index contributed by atoms with van der Waals surface area (Å²) in [7, 11) is 0. The van der Waals surface area contributed by atoms with Crippen molar-refractivity contribution in [3.05, 3.63) is 18.5 Å². The Bertz CT molecular complexity index is 216. The van der Waals surface area contributed by atoms with Crippen LogP contribution in [0.5, 0.6) is 0 Å². The van der Waals surface area contributed by atoms with E-state index in [9.17, 15) is 0 Å². The van der Waals surface area contributed by atoms with Crippen molar-refractivity contribution in [2.24, 2.45) is 0 Å². The van der Waals surface area contributed by atoms with Gasteiger partial charge in [0.1, 0.15) is 0 Å². The quantitative estimate of drug-likeness (QED) is 0.553. The Labute approximate surface area is 133 Å². The van der Waals surface area contributed by atoms with Crippen molar-refractivity contribution < 1.29 is 0 Å². The number of piperidine rings is 1. The van der Waals surface area contributed by atoms with Gasteiger partial charge in [-0.25, -0.2) is 0 Å². The molecule has 0 aromatic carbocycles. The van der Waals surface area contributed by atoms with Gasteiger partial charge >= 0.3 is 0 Å². The summed E-state index contributed by atoms with van der Waals surface area (Å²) in [5.41, 5.74) is 0. The molecule has 0 radical (unpaired) electrons. The zero-order valence-electron chi connectivity index (χ0n) is 13.1. The molecule has 3 fully saturated rings. The number of hydrogen-bond acceptors (Lipinski definition) is 5. The van der Waals surface area contributed by atoms with Gasteiger partial charge in [-0.15, -0.1) is 0 Å². The van der Waals surface area contributed by atoms with Gasteiger partial charge in [0, 0.05) is 24.7 Å². The number of rotatable bonds is 0. The third kappa shape index (κ3) is 14.2. The van der Waals surface area contributed by atoms with E-state index in [1.807, 2.05) is 18.0 Å². The van der Waals surface area contributed by atoms with Crippen LogP contribution in [0.25, 0.3) is 0 Å². The zero-order chi connectivity index (χ0) is 14.8. The van der Waals surface area contributed by atoms with Crippen LogP contribution in [0, 0.1) is 0 Å². The highest BCUT2D eigenvalue weighted by Gasteiger charge is 1.94. The van der Waals surface area contributed by atoms with Gasteiger partial charge < -0.3 is 10.6 Å². The van der Waals surface area contributed by atoms with Crippen LogP contribution in [0.15, 0.2) is 18.5 Å². The van der Waals surface area contributed by atoms with Gasteiger partial charge in [-0.3, -0.25) is 9.82 Å². The van der Waals surface area contributed by atoms with Crippen molar-refractivity contribution in [2.45, 2.75) is 38.5 Å². The molecule has 0 aliphatic carbocycles. The van der Waals surface area contributed by atoms with E-state index in [2.05, 4.69) is 25.6 Å². The van der Waals surface area contributed by atoms with Crippen molar-refractivity contribution in [1.82, 2.24) is 25.6 Å². The van der Waals surface area contributed by atoms with E-state index in [4.69, 9.17) is 0 Å². The normalized spacial score (nSPS) is 20.2. The Morgan fingerprint density at radius 1 is 0.762 bits per heavy atom. The largest absolute Gasteiger partial charge is 0.317 e. The summed E-state index contributed by atoms with van der Waals surface area (Å²) in [6.45, 7) is 6.21. The molecule has 1 aromatic rings. The summed E-state index contributed by atoms with van der Waals surface area (Å²) in [4.78, 5) is 0. The van der Waals surface area contributed by atoms with Crippen molar-refractivity contribution in [2.75, 3.05) is 38.5 Å². The minimum atomic E-state index is 1.21. The van der Waals surface area contributed by atoms with Gasteiger partial charge in [-0.2, -0.15) is 5.10 Å². The van der Waals surface area contributed by atoms with E-state index >= 15 is 0 Å². The van der Waals surface area contributed by atoms with Gasteiger partial charge in [0.05, 0.1) is 0 Å². The first-order valence-corrected chi connectivity index (χ1v) is 9.18. The van der Waals surface area contributed by atoms with Crippen LogP contribution >= 0.6 is 11.9 Å². The molecule has 122 valence electrons. The van der Waals surface area contributed by atoms with Crippen molar-refractivity contribution in [3.8, 4) is 0 Å². The first kappa shape index (κ1) is 18.5. The number of nitrogens with zero attached hydrogens (tertiary/aromatic N) is 1. The Morgan fingerprint density at radius 2 is 1.43 bits per heavy atom. The molecule has 3 saturated heterocycles. The molecule has 0 unspecified atom stereocenters. The second-order valence-electron chi connectivity index (χ2n) is 5.13. The first-order valence-electron chi connectivity index (χ1n) is 8.20. The van der Waals surface area contributed by atoms with Gasteiger partial charge in [0.25, 0.3) is 0 Å². The Morgan fingerprint density at radius 3 is 1.62 bits per heavy atom. The fourth-order valence-electron chi connectivity index (χ4n) is 2.00. The van der Waals surface area contributed by atoms with Crippen LogP contribution in [0.1, 0.15) is 38.5 Å². The van der Waals surface area contributed by atoms with Crippen LogP contribution in [0.2, 0.25) is 0 Å². The third-order valence-corrected chi connectivity index (χ3v) is 4.10. The molecule has 4 heterocycles. The highest BCUT2D eigenvalue weighted by atomic mass is 32.2. The minimum Gasteiger partial charge on any atom is -0.317 e. The van der Waals surface area contributed by atoms with E-state index in [1.165, 1.54) is 77.0 Å². The average molecular weight is 314 g/mol. The summed E-state index contributed by atoms with van der Waals surface area (Å²) in [5.74, 6) is 1.31. The van der Waals surface area contributed by atoms with Crippen LogP contribution < -0.4 is 15.4 Å². The number of H-pyrrole nitrogens is 1. The molecule has 0 spiro atoms. The van der Waals surface area contributed by atoms with Crippen molar-refractivity contribution in [3.63, 3.8) is 0 Å². The SMILES string of the molecule is C1CCNC1.C1CCNCC1.C1CNSC1.c1cn[nH]c1. The van der Waals surface area contributed by atoms with Gasteiger partial charge in [0.15, 0.2) is 0 Å². The lowest BCUT2D eigenvalue weighted by molar-refractivity contribution is 0.520. The third-order valence-electron chi connectivity index (χ3n) is 3.20. The highest BCUT2D eigenvalue weighted by Crippen LogP contribution is 2.02. The van der Waals surface area contributed by atoms with E-state index in [1.54, 1.807) is 12.4 Å². The number of nitrogens with one attached hydrogen (secondary N) is 4. The van der Waals surface area contributed by atoms with Crippen molar-refractivity contribution >= 4 is 11.9 Å². The summed E-state index contributed by atoms with van der Waals surface area (Å²) >= 11 is 1.82. The smallest absolute Gasteiger partial charge is 0.0487 e. The van der Waals surface area contributed by atoms with Crippen LogP contribution in [-0.2, 0) is 0 Å². The fourth-order valence-corrected chi connectivity index (χ4v) is 2.72. The Balaban J connectivity index is 0.000000140. The second kappa shape index (κ2) is 15.8. The molecule has 3 aliphatic rings. The van der Waals surface area contributed by atoms with Gasteiger partial charge in [-0.05, 0) is 64.3 Å². The molecule has 1 aromatic heterocycles. The maximum atomic E-state index is 3.60. The van der Waals surface area contributed by atoms with E-state index in [-0.39, 0.29) is 0 Å². The van der Waals surface area contributed by atoms with Gasteiger partial charge in [0.2, 0.25) is 0 Å². The molecular weight excluding hydrogens is 282 g/mol. The lowest BCUT2D eigenvalue weighted by Crippen LogP contribution is -2.21. The highest BCUT2D eigenvalue weighted by molar-refractivity contribution is 7.97. The topological polar surface area (TPSA) is 64.8 Å². The molecule has 0 atom stereocenters. The molecular formula is C15H31N5S. The predicted molar refractivity (Wildman–Crippen MR) is 92.5 cm³/mol. The maximum Gasteiger partial charge on any atom is 0.0487 e. The molecule has 4 rings (SSSR count). The summed E-state index contributed by atoms with van der Waals surface area (Å²) in [6.07, 6.45) is 11.8. The zero-order valence-corrected chi connectivity index (χ0v) is 13.9. The number of aromatic amines is 1. The maximum absolute atomic E-state index is 3.60. The monoisotopic (exact) mass is 313 g/mol. The van der Waals surface area contributed by atoms with Crippen LogP contribution in [-0.4, -0.2) is 48.7 Å². The fraction of sp³-hybridized carbons (Fsp3) is 0.800. The van der Waals surface area contributed by atoms with E-state index in [0.717, 1.165) is 0 Å². The molecule has 4 N–H and O–H groups in total. The number of hydrogen-bond donors (Lipinski definition) is 4. The van der Waals surface area contributed by atoms with Crippen molar-refractivity contribution in [1.29, 1.82) is 0 Å². The molecule has 3 aliphatic heterocycles. The summed E-state index contributed by atoms with van der Waals surface area (Å²) in [5, 5.41) is 12.7. The van der Waals surface area contributed by atoms with E-state index in [0.29, 0.717) is 0 Å². The Kier molecular flexibility index (Phi) is 13.9. The molecule has 21 heavy (non-hydrogen) atoms. The molecule has 0 amide bonds. The van der Waals surface area contributed by atoms with E-state index < -0.39 is 0 Å². The van der Waals surface area contributed by atoms with Crippen LogP contribution in [0.4, 0.5) is 0 Å². The molecule has 5 nitrogen and oxygen atoms in total. The minimum absolute atomic E-state index is 1.21. The summed E-state index contributed by atoms with van der Waals surface area (Å²) < 4.78 is 3.14. The summed E-state index contributed by atoms with van der Waals surface area (Å²) in [6, 6.07) is 1.83. The first-order chi connectivity index (χ1) is 10.5. The lowest BCUT2D eigenvalue weighted by Gasteiger charge is -2.08. The standard InChI is InChI=1S/C5H11N.C4H9N.C3H4N2.C3H7NS/c1-2-4-6-5-3-1;3*1-2-4-5-3-1/h6H,1-5H2;5H,1-4H2;1-3H,(H,4,5);4H,1-3H2. The molecule has 0 saturated carbocycles. The van der Waals surface area contributed by atoms with Gasteiger partial charge in [-0.1, -0.05) is 18.4 Å². The predicted octanol–water partition coefficient (Wildman–Crippen LogP) is 2.17. The lowest BCUT2D eigenvalue weighted by atomic mass is 10.2. The average Bonchev–Trinajstić information content (AvgIpc) is 3.38. The second-order valence-corrected chi connectivity index (χ2v) is 6.12. The van der Waals surface area contributed by atoms with Crippen LogP contribution in [0.3, 0.4) is 0 Å². The molecule has 6 heteroatoms. The molecule has 0 bridgehead atoms.